The van der Waals surface area contributed by atoms with Crippen LogP contribution in [0.3, 0.4) is 0 Å². The van der Waals surface area contributed by atoms with E-state index in [2.05, 4.69) is 4.98 Å². The van der Waals surface area contributed by atoms with Gasteiger partial charge >= 0.3 is 0 Å². The number of rotatable bonds is 6. The summed E-state index contributed by atoms with van der Waals surface area (Å²) in [6.07, 6.45) is 3.39. The van der Waals surface area contributed by atoms with Gasteiger partial charge in [0.25, 0.3) is 0 Å². The van der Waals surface area contributed by atoms with E-state index >= 15 is 0 Å². The van der Waals surface area contributed by atoms with E-state index in [0.717, 1.165) is 10.8 Å². The van der Waals surface area contributed by atoms with Gasteiger partial charge < -0.3 is 24.1 Å². The number of hydrogen-bond acceptors (Lipinski definition) is 6. The fourth-order valence-corrected chi connectivity index (χ4v) is 3.18. The molecule has 0 aliphatic carbocycles. The second kappa shape index (κ2) is 7.32. The molecule has 1 N–H and O–H groups in total. The van der Waals surface area contributed by atoms with Crippen molar-refractivity contribution in [1.82, 2.24) is 4.98 Å². The minimum Gasteiger partial charge on any atom is -0.493 e. The number of fused-ring (bicyclic) bond motifs is 1. The molecule has 0 bridgehead atoms. The summed E-state index contributed by atoms with van der Waals surface area (Å²) in [6, 6.07) is 9.03. The Kier molecular flexibility index (Phi) is 5.10. The van der Waals surface area contributed by atoms with E-state index < -0.39 is 5.60 Å². The normalized spacial score (nSPS) is 13.1. The van der Waals surface area contributed by atoms with Gasteiger partial charge in [-0.05, 0) is 42.1 Å². The molecule has 3 rings (SSSR count). The van der Waals surface area contributed by atoms with Gasteiger partial charge in [-0.15, -0.1) is 0 Å². The fraction of sp³-hybridized carbons (Fsp3) is 0.286. The lowest BCUT2D eigenvalue weighted by Gasteiger charge is -2.26. The quantitative estimate of drug-likeness (QED) is 0.717. The van der Waals surface area contributed by atoms with Gasteiger partial charge in [0.05, 0.1) is 28.4 Å². The monoisotopic (exact) mass is 369 g/mol. The molecule has 0 saturated carbocycles. The van der Waals surface area contributed by atoms with Crippen molar-refractivity contribution < 1.29 is 24.1 Å². The Morgan fingerprint density at radius 2 is 1.37 bits per heavy atom. The second-order valence-electron chi connectivity index (χ2n) is 6.26. The van der Waals surface area contributed by atoms with Crippen molar-refractivity contribution in [3.8, 4) is 23.0 Å². The summed E-state index contributed by atoms with van der Waals surface area (Å²) in [5, 5.41) is 13.1. The number of aliphatic hydroxyl groups is 1. The predicted molar refractivity (Wildman–Crippen MR) is 103 cm³/mol. The van der Waals surface area contributed by atoms with Gasteiger partial charge in [-0.3, -0.25) is 4.98 Å². The Hall–Kier alpha value is -2.99. The largest absolute Gasteiger partial charge is 0.493 e. The smallest absolute Gasteiger partial charge is 0.161 e. The van der Waals surface area contributed by atoms with Crippen LogP contribution < -0.4 is 18.9 Å². The van der Waals surface area contributed by atoms with E-state index in [-0.39, 0.29) is 0 Å². The maximum absolute atomic E-state index is 11.4. The predicted octanol–water partition coefficient (Wildman–Crippen LogP) is 3.53. The number of nitrogens with zero attached hydrogens (tertiary/aromatic N) is 1. The lowest BCUT2D eigenvalue weighted by atomic mass is 9.86. The molecular weight excluding hydrogens is 346 g/mol. The summed E-state index contributed by atoms with van der Waals surface area (Å²) in [7, 11) is 6.30. The molecule has 0 aliphatic heterocycles. The Morgan fingerprint density at radius 3 is 2.00 bits per heavy atom. The maximum atomic E-state index is 11.4. The highest BCUT2D eigenvalue weighted by Crippen LogP contribution is 2.40. The SMILES string of the molecule is COc1ccc(C(C)(O)c2cncc3cc(OC)c(OC)cc23)cc1OC. The van der Waals surface area contributed by atoms with Crippen molar-refractivity contribution in [1.29, 1.82) is 0 Å². The molecular formula is C21H23NO5. The first-order valence-corrected chi connectivity index (χ1v) is 8.41. The first-order valence-electron chi connectivity index (χ1n) is 8.41. The number of aromatic nitrogens is 1. The van der Waals surface area contributed by atoms with Crippen LogP contribution in [0.2, 0.25) is 0 Å². The van der Waals surface area contributed by atoms with E-state index in [1.54, 1.807) is 66.0 Å². The van der Waals surface area contributed by atoms with Crippen LogP contribution in [0.25, 0.3) is 10.8 Å². The molecule has 6 nitrogen and oxygen atoms in total. The average Bonchev–Trinajstić information content (AvgIpc) is 2.71. The molecule has 0 saturated heterocycles. The molecule has 3 aromatic rings. The molecule has 6 heteroatoms. The van der Waals surface area contributed by atoms with Crippen LogP contribution in [0.5, 0.6) is 23.0 Å². The summed E-state index contributed by atoms with van der Waals surface area (Å²) in [5.41, 5.74) is -0.0107. The van der Waals surface area contributed by atoms with Crippen molar-refractivity contribution in [2.24, 2.45) is 0 Å². The third kappa shape index (κ3) is 3.24. The van der Waals surface area contributed by atoms with Crippen molar-refractivity contribution >= 4 is 10.8 Å². The number of benzene rings is 2. The van der Waals surface area contributed by atoms with Gasteiger partial charge in [0.2, 0.25) is 0 Å². The highest BCUT2D eigenvalue weighted by molar-refractivity contribution is 5.89. The molecule has 0 amide bonds. The first kappa shape index (κ1) is 18.8. The van der Waals surface area contributed by atoms with Crippen LogP contribution in [0.4, 0.5) is 0 Å². The zero-order valence-corrected chi connectivity index (χ0v) is 16.1. The first-order chi connectivity index (χ1) is 13.0. The third-order valence-electron chi connectivity index (χ3n) is 4.73. The number of hydrogen-bond donors (Lipinski definition) is 1. The van der Waals surface area contributed by atoms with Gasteiger partial charge in [0, 0.05) is 23.3 Å². The topological polar surface area (TPSA) is 70.0 Å². The molecule has 0 radical (unpaired) electrons. The molecule has 1 heterocycles. The van der Waals surface area contributed by atoms with Crippen molar-refractivity contribution in [3.05, 3.63) is 53.9 Å². The van der Waals surface area contributed by atoms with Crippen LogP contribution in [-0.2, 0) is 5.60 Å². The summed E-state index contributed by atoms with van der Waals surface area (Å²) in [6.45, 7) is 1.72. The van der Waals surface area contributed by atoms with Gasteiger partial charge in [-0.2, -0.15) is 0 Å². The highest BCUT2D eigenvalue weighted by Gasteiger charge is 2.29. The van der Waals surface area contributed by atoms with Crippen LogP contribution in [0.1, 0.15) is 18.1 Å². The standard InChI is InChI=1S/C21H23NO5/c1-21(23,14-6-7-17(24-2)19(9-14)26-4)16-12-22-11-13-8-18(25-3)20(27-5)10-15(13)16/h6-12,23H,1-5H3. The maximum Gasteiger partial charge on any atom is 0.161 e. The van der Waals surface area contributed by atoms with Crippen molar-refractivity contribution in [2.75, 3.05) is 28.4 Å². The zero-order valence-electron chi connectivity index (χ0n) is 16.1. The Morgan fingerprint density at radius 1 is 0.778 bits per heavy atom. The fourth-order valence-electron chi connectivity index (χ4n) is 3.18. The van der Waals surface area contributed by atoms with Gasteiger partial charge in [-0.25, -0.2) is 0 Å². The van der Waals surface area contributed by atoms with E-state index in [0.29, 0.717) is 34.1 Å². The molecule has 27 heavy (non-hydrogen) atoms. The summed E-state index contributed by atoms with van der Waals surface area (Å²) in [4.78, 5) is 4.30. The second-order valence-corrected chi connectivity index (χ2v) is 6.26. The van der Waals surface area contributed by atoms with Gasteiger partial charge in [0.15, 0.2) is 23.0 Å². The van der Waals surface area contributed by atoms with E-state index in [1.807, 2.05) is 12.1 Å². The zero-order chi connectivity index (χ0) is 19.6. The number of pyridine rings is 1. The van der Waals surface area contributed by atoms with Crippen LogP contribution >= 0.6 is 0 Å². The molecule has 0 aliphatic rings. The summed E-state index contributed by atoms with van der Waals surface area (Å²) < 4.78 is 21.4. The Labute approximate surface area is 158 Å². The minimum atomic E-state index is -1.31. The molecule has 142 valence electrons. The average molecular weight is 369 g/mol. The molecule has 1 aromatic heterocycles. The summed E-state index contributed by atoms with van der Waals surface area (Å²) >= 11 is 0. The van der Waals surface area contributed by atoms with Crippen molar-refractivity contribution in [2.45, 2.75) is 12.5 Å². The molecule has 1 unspecified atom stereocenters. The van der Waals surface area contributed by atoms with E-state index in [4.69, 9.17) is 18.9 Å². The van der Waals surface area contributed by atoms with Gasteiger partial charge in [-0.1, -0.05) is 6.07 Å². The van der Waals surface area contributed by atoms with Gasteiger partial charge in [0.1, 0.15) is 5.60 Å². The lowest BCUT2D eigenvalue weighted by Crippen LogP contribution is -2.23. The van der Waals surface area contributed by atoms with Crippen LogP contribution in [-0.4, -0.2) is 38.5 Å². The molecule has 2 aromatic carbocycles. The van der Waals surface area contributed by atoms with Crippen molar-refractivity contribution in [3.63, 3.8) is 0 Å². The Bertz CT molecular complexity index is 968. The van der Waals surface area contributed by atoms with Crippen LogP contribution in [0, 0.1) is 0 Å². The minimum absolute atomic E-state index is 0.544. The summed E-state index contributed by atoms with van der Waals surface area (Å²) in [5.74, 6) is 2.33. The third-order valence-corrected chi connectivity index (χ3v) is 4.73. The Balaban J connectivity index is 2.21. The molecule has 1 atom stereocenters. The number of ether oxygens (including phenoxy) is 4. The van der Waals surface area contributed by atoms with E-state index in [9.17, 15) is 5.11 Å². The molecule has 0 spiro atoms. The highest BCUT2D eigenvalue weighted by atomic mass is 16.5. The van der Waals surface area contributed by atoms with Crippen LogP contribution in [0.15, 0.2) is 42.7 Å². The number of methoxy groups -OCH3 is 4. The molecule has 0 fully saturated rings. The van der Waals surface area contributed by atoms with E-state index in [1.165, 1.54) is 0 Å². The lowest BCUT2D eigenvalue weighted by molar-refractivity contribution is 0.103.